The van der Waals surface area contributed by atoms with Crippen LogP contribution in [0.3, 0.4) is 0 Å². The molecular weight excluding hydrogens is 226 g/mol. The number of methoxy groups -OCH3 is 1. The molecule has 1 aliphatic carbocycles. The zero-order chi connectivity index (χ0) is 13.2. The van der Waals surface area contributed by atoms with Crippen molar-refractivity contribution in [1.82, 2.24) is 0 Å². The predicted molar refractivity (Wildman–Crippen MR) is 72.9 cm³/mol. The van der Waals surface area contributed by atoms with E-state index in [1.807, 2.05) is 6.07 Å². The normalized spacial score (nSPS) is 18.8. The molecule has 0 amide bonds. The fourth-order valence-corrected chi connectivity index (χ4v) is 2.23. The molecule has 2 N–H and O–H groups in total. The number of benzene rings is 1. The van der Waals surface area contributed by atoms with Crippen molar-refractivity contribution in [3.05, 3.63) is 29.3 Å². The molecule has 0 aromatic heterocycles. The van der Waals surface area contributed by atoms with E-state index in [2.05, 4.69) is 26.0 Å². The van der Waals surface area contributed by atoms with Gasteiger partial charge in [0.1, 0.15) is 5.75 Å². The molecular formula is C15H23NO2. The van der Waals surface area contributed by atoms with Gasteiger partial charge in [-0.2, -0.15) is 0 Å². The molecule has 0 fully saturated rings. The van der Waals surface area contributed by atoms with E-state index in [0.717, 1.165) is 25.0 Å². The minimum Gasteiger partial charge on any atom is -0.493 e. The van der Waals surface area contributed by atoms with Crippen molar-refractivity contribution >= 4 is 0 Å². The van der Waals surface area contributed by atoms with Crippen LogP contribution >= 0.6 is 0 Å². The summed E-state index contributed by atoms with van der Waals surface area (Å²) in [4.78, 5) is 0. The molecule has 1 aromatic carbocycles. The summed E-state index contributed by atoms with van der Waals surface area (Å²) in [5.74, 6) is 0.940. The molecule has 100 valence electrons. The van der Waals surface area contributed by atoms with Crippen molar-refractivity contribution in [2.75, 3.05) is 13.7 Å². The standard InChI is InChI=1S/C15H23NO2/c1-15(2,17-3)8-9-18-12-5-6-13-11(10-12)4-7-14(13)16/h5-6,10,14H,4,7-9,16H2,1-3H3/t14-/m0/s1. The molecule has 1 aliphatic rings. The molecule has 0 unspecified atom stereocenters. The maximum Gasteiger partial charge on any atom is 0.119 e. The maximum absolute atomic E-state index is 6.01. The van der Waals surface area contributed by atoms with Gasteiger partial charge < -0.3 is 15.2 Å². The predicted octanol–water partition coefficient (Wildman–Crippen LogP) is 2.83. The van der Waals surface area contributed by atoms with Crippen molar-refractivity contribution in [2.45, 2.75) is 44.8 Å². The zero-order valence-corrected chi connectivity index (χ0v) is 11.5. The van der Waals surface area contributed by atoms with E-state index in [0.29, 0.717) is 6.61 Å². The highest BCUT2D eigenvalue weighted by atomic mass is 16.5. The zero-order valence-electron chi connectivity index (χ0n) is 11.5. The second-order valence-corrected chi connectivity index (χ2v) is 5.57. The van der Waals surface area contributed by atoms with Gasteiger partial charge in [-0.05, 0) is 49.9 Å². The quantitative estimate of drug-likeness (QED) is 0.872. The summed E-state index contributed by atoms with van der Waals surface area (Å²) in [6, 6.07) is 6.46. The number of nitrogens with two attached hydrogens (primary N) is 1. The lowest BCUT2D eigenvalue weighted by atomic mass is 10.1. The first kappa shape index (κ1) is 13.4. The van der Waals surface area contributed by atoms with Gasteiger partial charge in [0.15, 0.2) is 0 Å². The molecule has 0 saturated heterocycles. The van der Waals surface area contributed by atoms with Gasteiger partial charge in [0.25, 0.3) is 0 Å². The van der Waals surface area contributed by atoms with Gasteiger partial charge in [0.05, 0.1) is 12.2 Å². The molecule has 0 aliphatic heterocycles. The summed E-state index contributed by atoms with van der Waals surface area (Å²) < 4.78 is 11.2. The highest BCUT2D eigenvalue weighted by molar-refractivity contribution is 5.40. The third-order valence-corrected chi connectivity index (χ3v) is 3.76. The minimum absolute atomic E-state index is 0.126. The third-order valence-electron chi connectivity index (χ3n) is 3.76. The van der Waals surface area contributed by atoms with Gasteiger partial charge in [-0.15, -0.1) is 0 Å². The topological polar surface area (TPSA) is 44.5 Å². The molecule has 18 heavy (non-hydrogen) atoms. The minimum atomic E-state index is -0.126. The lowest BCUT2D eigenvalue weighted by molar-refractivity contribution is 0.00545. The Morgan fingerprint density at radius 2 is 2.17 bits per heavy atom. The SMILES string of the molecule is COC(C)(C)CCOc1ccc2c(c1)CC[C@@H]2N. The van der Waals surface area contributed by atoms with Crippen LogP contribution in [0.25, 0.3) is 0 Å². The molecule has 0 radical (unpaired) electrons. The Balaban J connectivity index is 1.92. The largest absolute Gasteiger partial charge is 0.493 e. The summed E-state index contributed by atoms with van der Waals surface area (Å²) in [6.45, 7) is 4.81. The van der Waals surface area contributed by atoms with Crippen LogP contribution in [-0.2, 0) is 11.2 Å². The summed E-state index contributed by atoms with van der Waals surface area (Å²) >= 11 is 0. The van der Waals surface area contributed by atoms with E-state index in [4.69, 9.17) is 15.2 Å². The van der Waals surface area contributed by atoms with Crippen molar-refractivity contribution < 1.29 is 9.47 Å². The molecule has 0 bridgehead atoms. The molecule has 3 heteroatoms. The molecule has 0 spiro atoms. The molecule has 2 rings (SSSR count). The maximum atomic E-state index is 6.01. The van der Waals surface area contributed by atoms with Crippen LogP contribution in [0.1, 0.15) is 43.9 Å². The van der Waals surface area contributed by atoms with E-state index in [1.54, 1.807) is 7.11 Å². The fourth-order valence-electron chi connectivity index (χ4n) is 2.23. The number of hydrogen-bond acceptors (Lipinski definition) is 3. The average molecular weight is 249 g/mol. The van der Waals surface area contributed by atoms with Crippen molar-refractivity contribution in [3.63, 3.8) is 0 Å². The van der Waals surface area contributed by atoms with Gasteiger partial charge in [-0.25, -0.2) is 0 Å². The Morgan fingerprint density at radius 3 is 2.89 bits per heavy atom. The van der Waals surface area contributed by atoms with Crippen molar-refractivity contribution in [2.24, 2.45) is 5.73 Å². The van der Waals surface area contributed by atoms with Gasteiger partial charge in [-0.3, -0.25) is 0 Å². The highest BCUT2D eigenvalue weighted by Gasteiger charge is 2.19. The Hall–Kier alpha value is -1.06. The Bertz CT molecular complexity index is 415. The summed E-state index contributed by atoms with van der Waals surface area (Å²) in [5.41, 5.74) is 8.50. The van der Waals surface area contributed by atoms with E-state index in [-0.39, 0.29) is 11.6 Å². The Morgan fingerprint density at radius 1 is 1.39 bits per heavy atom. The fraction of sp³-hybridized carbons (Fsp3) is 0.600. The molecule has 0 heterocycles. The van der Waals surface area contributed by atoms with Crippen molar-refractivity contribution in [3.8, 4) is 5.75 Å². The van der Waals surface area contributed by atoms with Crippen LogP contribution in [0.15, 0.2) is 18.2 Å². The van der Waals surface area contributed by atoms with Crippen LogP contribution in [0.2, 0.25) is 0 Å². The number of hydrogen-bond donors (Lipinski definition) is 1. The van der Waals surface area contributed by atoms with Crippen LogP contribution in [0, 0.1) is 0 Å². The Labute approximate surface area is 109 Å². The number of rotatable bonds is 5. The Kier molecular flexibility index (Phi) is 3.93. The number of ether oxygens (including phenoxy) is 2. The van der Waals surface area contributed by atoms with Crippen LogP contribution in [-0.4, -0.2) is 19.3 Å². The highest BCUT2D eigenvalue weighted by Crippen LogP contribution is 2.31. The lowest BCUT2D eigenvalue weighted by Gasteiger charge is -2.22. The second kappa shape index (κ2) is 5.29. The van der Waals surface area contributed by atoms with E-state index in [9.17, 15) is 0 Å². The monoisotopic (exact) mass is 249 g/mol. The van der Waals surface area contributed by atoms with Gasteiger partial charge in [0.2, 0.25) is 0 Å². The molecule has 1 atom stereocenters. The van der Waals surface area contributed by atoms with E-state index in [1.165, 1.54) is 11.1 Å². The van der Waals surface area contributed by atoms with Gasteiger partial charge in [0, 0.05) is 19.6 Å². The first-order chi connectivity index (χ1) is 8.52. The van der Waals surface area contributed by atoms with Crippen molar-refractivity contribution in [1.29, 1.82) is 0 Å². The van der Waals surface area contributed by atoms with Crippen LogP contribution in [0.5, 0.6) is 5.75 Å². The van der Waals surface area contributed by atoms with Gasteiger partial charge in [-0.1, -0.05) is 6.07 Å². The third kappa shape index (κ3) is 3.03. The van der Waals surface area contributed by atoms with E-state index >= 15 is 0 Å². The second-order valence-electron chi connectivity index (χ2n) is 5.57. The summed E-state index contributed by atoms with van der Waals surface area (Å²) in [5, 5.41) is 0. The first-order valence-corrected chi connectivity index (χ1v) is 6.58. The van der Waals surface area contributed by atoms with Crippen LogP contribution in [0.4, 0.5) is 0 Å². The smallest absolute Gasteiger partial charge is 0.119 e. The van der Waals surface area contributed by atoms with E-state index < -0.39 is 0 Å². The number of aryl methyl sites for hydroxylation is 1. The molecule has 3 nitrogen and oxygen atoms in total. The average Bonchev–Trinajstić information content (AvgIpc) is 2.71. The van der Waals surface area contributed by atoms with Gasteiger partial charge >= 0.3 is 0 Å². The number of fused-ring (bicyclic) bond motifs is 1. The molecule has 1 aromatic rings. The lowest BCUT2D eigenvalue weighted by Crippen LogP contribution is -2.25. The summed E-state index contributed by atoms with van der Waals surface area (Å²) in [6.07, 6.45) is 2.99. The molecule has 0 saturated carbocycles. The summed E-state index contributed by atoms with van der Waals surface area (Å²) in [7, 11) is 1.73. The first-order valence-electron chi connectivity index (χ1n) is 6.58. The van der Waals surface area contributed by atoms with Crippen LogP contribution < -0.4 is 10.5 Å².